The lowest BCUT2D eigenvalue weighted by molar-refractivity contribution is 0.0696. The molecule has 0 unspecified atom stereocenters. The summed E-state index contributed by atoms with van der Waals surface area (Å²) in [5.74, 6) is -0.167. The first-order valence-corrected chi connectivity index (χ1v) is 6.48. The van der Waals surface area contributed by atoms with Crippen LogP contribution in [0.3, 0.4) is 0 Å². The number of hydrogen-bond donors (Lipinski definition) is 1. The fourth-order valence-electron chi connectivity index (χ4n) is 2.02. The number of carbonyl (C=O) groups is 1. The van der Waals surface area contributed by atoms with Gasteiger partial charge in [0.25, 0.3) is 0 Å². The molecule has 0 spiro atoms. The Labute approximate surface area is 119 Å². The number of hydrogen-bond acceptors (Lipinski definition) is 2. The Kier molecular flexibility index (Phi) is 3.66. The molecule has 0 aliphatic carbocycles. The number of rotatable bonds is 3. The number of methoxy groups -OCH3 is 1. The topological polar surface area (TPSA) is 51.5 Å². The van der Waals surface area contributed by atoms with Crippen molar-refractivity contribution in [3.63, 3.8) is 0 Å². The van der Waals surface area contributed by atoms with E-state index in [1.807, 2.05) is 29.8 Å². The molecule has 2 rings (SSSR count). The van der Waals surface area contributed by atoms with Crippen LogP contribution in [-0.4, -0.2) is 22.8 Å². The van der Waals surface area contributed by atoms with Gasteiger partial charge in [0, 0.05) is 18.4 Å². The fraction of sp³-hybridized carbons (Fsp3) is 0.214. The lowest BCUT2D eigenvalue weighted by Gasteiger charge is -2.08. The van der Waals surface area contributed by atoms with Gasteiger partial charge in [-0.3, -0.25) is 0 Å². The normalized spacial score (nSPS) is 10.5. The Morgan fingerprint density at radius 3 is 2.53 bits per heavy atom. The van der Waals surface area contributed by atoms with Crippen molar-refractivity contribution < 1.29 is 14.6 Å². The molecule has 2 aromatic rings. The van der Waals surface area contributed by atoms with Crippen LogP contribution < -0.4 is 4.74 Å². The number of ether oxygens (including phenoxy) is 1. The Morgan fingerprint density at radius 1 is 1.37 bits per heavy atom. The highest BCUT2D eigenvalue weighted by molar-refractivity contribution is 9.10. The van der Waals surface area contributed by atoms with Crippen LogP contribution >= 0.6 is 15.9 Å². The van der Waals surface area contributed by atoms with Crippen molar-refractivity contribution in [2.24, 2.45) is 7.05 Å². The molecule has 0 bridgehead atoms. The third kappa shape index (κ3) is 2.38. The number of nitrogens with zero attached hydrogens (tertiary/aromatic N) is 1. The van der Waals surface area contributed by atoms with Gasteiger partial charge in [0.1, 0.15) is 5.75 Å². The molecule has 0 fully saturated rings. The summed E-state index contributed by atoms with van der Waals surface area (Å²) in [6.45, 7) is 1.80. The van der Waals surface area contributed by atoms with Crippen molar-refractivity contribution in [1.29, 1.82) is 0 Å². The monoisotopic (exact) mass is 323 g/mol. The highest BCUT2D eigenvalue weighted by atomic mass is 79.9. The number of benzene rings is 1. The first-order valence-electron chi connectivity index (χ1n) is 5.69. The van der Waals surface area contributed by atoms with Crippen molar-refractivity contribution in [2.45, 2.75) is 6.92 Å². The average Bonchev–Trinajstić information content (AvgIpc) is 2.66. The van der Waals surface area contributed by atoms with E-state index in [0.29, 0.717) is 5.56 Å². The molecule has 0 aliphatic rings. The quantitative estimate of drug-likeness (QED) is 0.940. The molecule has 0 saturated heterocycles. The van der Waals surface area contributed by atoms with Crippen molar-refractivity contribution in [3.8, 4) is 17.0 Å². The van der Waals surface area contributed by atoms with Gasteiger partial charge < -0.3 is 14.4 Å². The van der Waals surface area contributed by atoms with Crippen LogP contribution in [0.15, 0.2) is 28.7 Å². The lowest BCUT2D eigenvalue weighted by atomic mass is 10.1. The summed E-state index contributed by atoms with van der Waals surface area (Å²) in [6.07, 6.45) is 0. The number of carboxylic acids is 1. The summed E-state index contributed by atoms with van der Waals surface area (Å²) in [7, 11) is 3.46. The molecular weight excluding hydrogens is 310 g/mol. The predicted octanol–water partition coefficient (Wildman–Crippen LogP) is 3.47. The van der Waals surface area contributed by atoms with Crippen molar-refractivity contribution in [3.05, 3.63) is 40.0 Å². The molecular formula is C14H14BrNO3. The lowest BCUT2D eigenvalue weighted by Crippen LogP contribution is -1.99. The Bertz CT molecular complexity index is 646. The summed E-state index contributed by atoms with van der Waals surface area (Å²) in [5.41, 5.74) is 2.85. The summed E-state index contributed by atoms with van der Waals surface area (Å²) in [4.78, 5) is 11.1. The van der Waals surface area contributed by atoms with Crippen molar-refractivity contribution >= 4 is 21.9 Å². The zero-order chi connectivity index (χ0) is 14.2. The van der Waals surface area contributed by atoms with Crippen LogP contribution in [0.25, 0.3) is 11.3 Å². The smallest absolute Gasteiger partial charge is 0.337 e. The Hall–Kier alpha value is -1.75. The molecule has 0 atom stereocenters. The Balaban J connectivity index is 2.56. The molecule has 1 aromatic heterocycles. The van der Waals surface area contributed by atoms with Gasteiger partial charge in [-0.05, 0) is 52.7 Å². The van der Waals surface area contributed by atoms with E-state index in [1.54, 1.807) is 20.1 Å². The van der Waals surface area contributed by atoms with Crippen LogP contribution in [-0.2, 0) is 7.05 Å². The van der Waals surface area contributed by atoms with Gasteiger partial charge in [-0.2, -0.15) is 0 Å². The van der Waals surface area contributed by atoms with Gasteiger partial charge >= 0.3 is 5.97 Å². The second kappa shape index (κ2) is 5.09. The van der Waals surface area contributed by atoms with E-state index in [0.717, 1.165) is 27.2 Å². The molecule has 0 amide bonds. The van der Waals surface area contributed by atoms with Crippen molar-refractivity contribution in [1.82, 2.24) is 4.57 Å². The maximum atomic E-state index is 11.1. The summed E-state index contributed by atoms with van der Waals surface area (Å²) < 4.78 is 7.89. The van der Waals surface area contributed by atoms with E-state index in [1.165, 1.54) is 0 Å². The van der Waals surface area contributed by atoms with Crippen molar-refractivity contribution in [2.75, 3.05) is 7.11 Å². The molecule has 19 heavy (non-hydrogen) atoms. The maximum Gasteiger partial charge on any atom is 0.337 e. The molecule has 0 radical (unpaired) electrons. The van der Waals surface area contributed by atoms with Crippen LogP contribution in [0, 0.1) is 6.92 Å². The van der Waals surface area contributed by atoms with Crippen LogP contribution in [0.5, 0.6) is 5.75 Å². The van der Waals surface area contributed by atoms with Gasteiger partial charge in [0.2, 0.25) is 0 Å². The largest absolute Gasteiger partial charge is 0.496 e. The number of aromatic carboxylic acids is 1. The minimum atomic E-state index is -0.910. The molecule has 5 heteroatoms. The number of aromatic nitrogens is 1. The SMILES string of the molecule is COc1ccc(-c2cc(C(=O)O)c(C)n2C)cc1Br. The zero-order valence-electron chi connectivity index (χ0n) is 10.9. The molecule has 100 valence electrons. The Morgan fingerprint density at radius 2 is 2.05 bits per heavy atom. The highest BCUT2D eigenvalue weighted by Gasteiger charge is 2.16. The fourth-order valence-corrected chi connectivity index (χ4v) is 2.56. The molecule has 1 aromatic carbocycles. The summed E-state index contributed by atoms with van der Waals surface area (Å²) in [5, 5.41) is 9.14. The third-order valence-corrected chi connectivity index (χ3v) is 3.83. The first-order chi connectivity index (χ1) is 8.95. The maximum absolute atomic E-state index is 11.1. The van der Waals surface area contributed by atoms with E-state index in [-0.39, 0.29) is 0 Å². The molecule has 0 saturated carbocycles. The van der Waals surface area contributed by atoms with Crippen LogP contribution in [0.1, 0.15) is 16.1 Å². The summed E-state index contributed by atoms with van der Waals surface area (Å²) in [6, 6.07) is 7.36. The third-order valence-electron chi connectivity index (χ3n) is 3.21. The van der Waals surface area contributed by atoms with Gasteiger partial charge in [-0.15, -0.1) is 0 Å². The predicted molar refractivity (Wildman–Crippen MR) is 76.8 cm³/mol. The van der Waals surface area contributed by atoms with Crippen LogP contribution in [0.2, 0.25) is 0 Å². The minimum absolute atomic E-state index is 0.324. The number of carboxylic acid groups (broad SMARTS) is 1. The zero-order valence-corrected chi connectivity index (χ0v) is 12.5. The van der Waals surface area contributed by atoms with E-state index in [9.17, 15) is 4.79 Å². The molecule has 1 N–H and O–H groups in total. The van der Waals surface area contributed by atoms with E-state index in [2.05, 4.69) is 15.9 Å². The van der Waals surface area contributed by atoms with Gasteiger partial charge in [0.15, 0.2) is 0 Å². The second-order valence-electron chi connectivity index (χ2n) is 4.24. The van der Waals surface area contributed by atoms with E-state index < -0.39 is 5.97 Å². The van der Waals surface area contributed by atoms with Crippen LogP contribution in [0.4, 0.5) is 0 Å². The second-order valence-corrected chi connectivity index (χ2v) is 5.10. The number of halogens is 1. The van der Waals surface area contributed by atoms with Gasteiger partial charge in [-0.1, -0.05) is 0 Å². The van der Waals surface area contributed by atoms with Gasteiger partial charge in [-0.25, -0.2) is 4.79 Å². The molecule has 4 nitrogen and oxygen atoms in total. The standard InChI is InChI=1S/C14H14BrNO3/c1-8-10(14(17)18)7-12(16(8)2)9-4-5-13(19-3)11(15)6-9/h4-7H,1-3H3,(H,17,18). The average molecular weight is 324 g/mol. The molecule has 1 heterocycles. The first kappa shape index (κ1) is 13.7. The van der Waals surface area contributed by atoms with Gasteiger partial charge in [0.05, 0.1) is 17.1 Å². The highest BCUT2D eigenvalue weighted by Crippen LogP contribution is 2.32. The van der Waals surface area contributed by atoms with E-state index >= 15 is 0 Å². The minimum Gasteiger partial charge on any atom is -0.496 e. The summed E-state index contributed by atoms with van der Waals surface area (Å²) >= 11 is 3.43. The molecule has 0 aliphatic heterocycles. The van der Waals surface area contributed by atoms with E-state index in [4.69, 9.17) is 9.84 Å².